The molecule has 1 aromatic heterocycles. The van der Waals surface area contributed by atoms with E-state index in [4.69, 9.17) is 19.9 Å². The SMILES string of the molecule is COc1ccc(C(=O)c2sc(Nc3ccccc3F)nc2N)c(OC)c1OC. The topological polar surface area (TPSA) is 95.7 Å². The Morgan fingerprint density at radius 3 is 2.43 bits per heavy atom. The van der Waals surface area contributed by atoms with Crippen LogP contribution >= 0.6 is 11.3 Å². The van der Waals surface area contributed by atoms with Crippen LogP contribution in [0.1, 0.15) is 15.2 Å². The molecule has 0 unspecified atom stereocenters. The minimum absolute atomic E-state index is 0.0330. The average molecular weight is 403 g/mol. The second kappa shape index (κ2) is 8.13. The fraction of sp³-hybridized carbons (Fsp3) is 0.158. The number of benzene rings is 2. The summed E-state index contributed by atoms with van der Waals surface area (Å²) in [7, 11) is 4.36. The Bertz CT molecular complexity index is 1020. The van der Waals surface area contributed by atoms with Gasteiger partial charge in [-0.3, -0.25) is 4.79 Å². The highest BCUT2D eigenvalue weighted by Gasteiger charge is 2.25. The van der Waals surface area contributed by atoms with Gasteiger partial charge in [0, 0.05) is 0 Å². The summed E-state index contributed by atoms with van der Waals surface area (Å²) >= 11 is 1.02. The van der Waals surface area contributed by atoms with Gasteiger partial charge in [-0.15, -0.1) is 0 Å². The number of ether oxygens (including phenoxy) is 3. The van der Waals surface area contributed by atoms with Crippen molar-refractivity contribution in [2.24, 2.45) is 0 Å². The van der Waals surface area contributed by atoms with Gasteiger partial charge in [-0.1, -0.05) is 23.5 Å². The Balaban J connectivity index is 1.98. The number of rotatable bonds is 7. The summed E-state index contributed by atoms with van der Waals surface area (Å²) in [6, 6.07) is 9.31. The largest absolute Gasteiger partial charge is 0.493 e. The van der Waals surface area contributed by atoms with E-state index in [1.165, 1.54) is 27.4 Å². The van der Waals surface area contributed by atoms with Crippen LogP contribution in [0.15, 0.2) is 36.4 Å². The summed E-state index contributed by atoms with van der Waals surface area (Å²) in [4.78, 5) is 17.4. The number of nitrogens with zero attached hydrogens (tertiary/aromatic N) is 1. The molecule has 0 fully saturated rings. The molecule has 146 valence electrons. The van der Waals surface area contributed by atoms with E-state index in [1.54, 1.807) is 30.3 Å². The summed E-state index contributed by atoms with van der Waals surface area (Å²) in [5, 5.41) is 3.13. The molecular formula is C19H18FN3O4S. The highest BCUT2D eigenvalue weighted by Crippen LogP contribution is 2.41. The van der Waals surface area contributed by atoms with Crippen molar-refractivity contribution >= 4 is 33.8 Å². The van der Waals surface area contributed by atoms with Crippen molar-refractivity contribution in [1.29, 1.82) is 0 Å². The van der Waals surface area contributed by atoms with Gasteiger partial charge in [0.1, 0.15) is 16.5 Å². The molecule has 1 heterocycles. The zero-order valence-corrected chi connectivity index (χ0v) is 16.2. The average Bonchev–Trinajstić information content (AvgIpc) is 3.07. The van der Waals surface area contributed by atoms with Gasteiger partial charge >= 0.3 is 0 Å². The molecule has 0 spiro atoms. The summed E-state index contributed by atoms with van der Waals surface area (Å²) < 4.78 is 29.7. The first-order valence-electron chi connectivity index (χ1n) is 8.11. The first-order valence-corrected chi connectivity index (χ1v) is 8.93. The molecule has 0 saturated carbocycles. The number of halogens is 1. The first kappa shape index (κ1) is 19.4. The Kier molecular flexibility index (Phi) is 5.65. The Labute approximate surface area is 164 Å². The molecule has 0 atom stereocenters. The Morgan fingerprint density at radius 1 is 1.07 bits per heavy atom. The molecule has 0 bridgehead atoms. The predicted molar refractivity (Wildman–Crippen MR) is 106 cm³/mol. The molecule has 0 amide bonds. The van der Waals surface area contributed by atoms with E-state index < -0.39 is 11.6 Å². The van der Waals surface area contributed by atoms with E-state index in [0.717, 1.165) is 11.3 Å². The molecule has 9 heteroatoms. The van der Waals surface area contributed by atoms with Gasteiger partial charge in [-0.2, -0.15) is 0 Å². The summed E-state index contributed by atoms with van der Waals surface area (Å²) in [5.41, 5.74) is 6.42. The number of thiazole rings is 1. The number of carbonyl (C=O) groups is 1. The zero-order chi connectivity index (χ0) is 20.3. The Morgan fingerprint density at radius 2 is 1.79 bits per heavy atom. The van der Waals surface area contributed by atoms with Gasteiger partial charge < -0.3 is 25.3 Å². The minimum atomic E-state index is -0.439. The molecule has 0 saturated heterocycles. The number of methoxy groups -OCH3 is 3. The highest BCUT2D eigenvalue weighted by molar-refractivity contribution is 7.18. The van der Waals surface area contributed by atoms with Crippen LogP contribution in [0.4, 0.5) is 21.0 Å². The number of carbonyl (C=O) groups excluding carboxylic acids is 1. The maximum absolute atomic E-state index is 13.8. The maximum Gasteiger partial charge on any atom is 0.210 e. The molecule has 7 nitrogen and oxygen atoms in total. The van der Waals surface area contributed by atoms with Crippen molar-refractivity contribution in [1.82, 2.24) is 4.98 Å². The van der Waals surface area contributed by atoms with Crippen LogP contribution in [-0.2, 0) is 0 Å². The molecule has 28 heavy (non-hydrogen) atoms. The van der Waals surface area contributed by atoms with E-state index in [1.807, 2.05) is 0 Å². The summed E-state index contributed by atoms with van der Waals surface area (Å²) in [6.45, 7) is 0. The number of nitrogens with one attached hydrogen (secondary N) is 1. The van der Waals surface area contributed by atoms with Crippen molar-refractivity contribution in [3.05, 3.63) is 52.7 Å². The number of para-hydroxylation sites is 1. The molecule has 0 aliphatic carbocycles. The lowest BCUT2D eigenvalue weighted by Gasteiger charge is -2.14. The summed E-state index contributed by atoms with van der Waals surface area (Å²) in [5.74, 6) is 0.146. The van der Waals surface area contributed by atoms with Crippen molar-refractivity contribution in [2.45, 2.75) is 0 Å². The van der Waals surface area contributed by atoms with Gasteiger partial charge in [0.15, 0.2) is 16.6 Å². The van der Waals surface area contributed by atoms with Gasteiger partial charge in [0.05, 0.1) is 32.6 Å². The lowest BCUT2D eigenvalue weighted by Crippen LogP contribution is -2.06. The molecular weight excluding hydrogens is 385 g/mol. The normalized spacial score (nSPS) is 10.4. The standard InChI is InChI=1S/C19H18FN3O4S/c1-25-13-9-8-10(15(26-2)16(13)27-3)14(24)17-18(21)23-19(28-17)22-12-7-5-4-6-11(12)20/h4-9H,21H2,1-3H3,(H,22,23). The molecule has 3 N–H and O–H groups in total. The number of ketones is 1. The molecule has 3 rings (SSSR count). The monoisotopic (exact) mass is 403 g/mol. The number of anilines is 3. The lowest BCUT2D eigenvalue weighted by atomic mass is 10.1. The number of hydrogen-bond acceptors (Lipinski definition) is 8. The van der Waals surface area contributed by atoms with Gasteiger partial charge in [0.2, 0.25) is 11.5 Å². The fourth-order valence-corrected chi connectivity index (χ4v) is 3.48. The van der Waals surface area contributed by atoms with Crippen LogP contribution in [0.25, 0.3) is 0 Å². The van der Waals surface area contributed by atoms with Gasteiger partial charge in [0.25, 0.3) is 0 Å². The van der Waals surface area contributed by atoms with Crippen molar-refractivity contribution in [3.8, 4) is 17.2 Å². The second-order valence-electron chi connectivity index (χ2n) is 5.55. The smallest absolute Gasteiger partial charge is 0.210 e. The van der Waals surface area contributed by atoms with Crippen LogP contribution in [-0.4, -0.2) is 32.1 Å². The maximum atomic E-state index is 13.8. The molecule has 0 aliphatic heterocycles. The van der Waals surface area contributed by atoms with Crippen molar-refractivity contribution < 1.29 is 23.4 Å². The van der Waals surface area contributed by atoms with Crippen LogP contribution in [0.3, 0.4) is 0 Å². The quantitative estimate of drug-likeness (QED) is 0.578. The van der Waals surface area contributed by atoms with Crippen molar-refractivity contribution in [2.75, 3.05) is 32.4 Å². The van der Waals surface area contributed by atoms with E-state index in [0.29, 0.717) is 16.6 Å². The number of hydrogen-bond donors (Lipinski definition) is 2. The lowest BCUT2D eigenvalue weighted by molar-refractivity contribution is 0.103. The first-order chi connectivity index (χ1) is 13.5. The van der Waals surface area contributed by atoms with Crippen LogP contribution in [0.2, 0.25) is 0 Å². The third-order valence-corrected chi connectivity index (χ3v) is 4.91. The van der Waals surface area contributed by atoms with Crippen LogP contribution < -0.4 is 25.3 Å². The molecule has 3 aromatic rings. The highest BCUT2D eigenvalue weighted by atomic mass is 32.1. The van der Waals surface area contributed by atoms with E-state index in [-0.39, 0.29) is 27.7 Å². The van der Waals surface area contributed by atoms with Crippen molar-refractivity contribution in [3.63, 3.8) is 0 Å². The summed E-state index contributed by atoms with van der Waals surface area (Å²) in [6.07, 6.45) is 0. The predicted octanol–water partition coefficient (Wildman–Crippen LogP) is 3.86. The molecule has 0 aliphatic rings. The van der Waals surface area contributed by atoms with Crippen LogP contribution in [0.5, 0.6) is 17.2 Å². The zero-order valence-electron chi connectivity index (χ0n) is 15.4. The van der Waals surface area contributed by atoms with Gasteiger partial charge in [-0.25, -0.2) is 9.37 Å². The molecule has 0 radical (unpaired) electrons. The van der Waals surface area contributed by atoms with E-state index >= 15 is 0 Å². The minimum Gasteiger partial charge on any atom is -0.493 e. The second-order valence-corrected chi connectivity index (χ2v) is 6.55. The third kappa shape index (κ3) is 3.56. The third-order valence-electron chi connectivity index (χ3n) is 3.92. The number of aromatic nitrogens is 1. The molecule has 2 aromatic carbocycles. The van der Waals surface area contributed by atoms with Crippen LogP contribution in [0, 0.1) is 5.82 Å². The Hall–Kier alpha value is -3.33. The number of nitrogen functional groups attached to an aromatic ring is 1. The van der Waals surface area contributed by atoms with E-state index in [2.05, 4.69) is 10.3 Å². The van der Waals surface area contributed by atoms with Gasteiger partial charge in [-0.05, 0) is 24.3 Å². The van der Waals surface area contributed by atoms with E-state index in [9.17, 15) is 9.18 Å². The number of nitrogens with two attached hydrogens (primary N) is 1. The fourth-order valence-electron chi connectivity index (χ4n) is 2.63.